The van der Waals surface area contributed by atoms with Gasteiger partial charge in [-0.1, -0.05) is 25.1 Å². The Morgan fingerprint density at radius 1 is 1.16 bits per heavy atom. The molecule has 3 unspecified atom stereocenters. The van der Waals surface area contributed by atoms with Crippen molar-refractivity contribution in [2.24, 2.45) is 5.92 Å². The van der Waals surface area contributed by atoms with Crippen LogP contribution in [0.15, 0.2) is 18.2 Å². The van der Waals surface area contributed by atoms with E-state index in [0.717, 1.165) is 44.5 Å². The molecule has 0 amide bonds. The molecule has 3 fully saturated rings. The average Bonchev–Trinajstić information content (AvgIpc) is 3.31. The number of aliphatic hydroxyl groups excluding tert-OH is 4. The zero-order chi connectivity index (χ0) is 22.6. The van der Waals surface area contributed by atoms with E-state index in [-0.39, 0.29) is 24.7 Å². The zero-order valence-electron chi connectivity index (χ0n) is 19.0. The Bertz CT molecular complexity index is 825. The number of benzene rings is 1. The van der Waals surface area contributed by atoms with E-state index in [4.69, 9.17) is 4.74 Å². The number of ether oxygens (including phenoxy) is 1. The topological polar surface area (TPSA) is 99.9 Å². The summed E-state index contributed by atoms with van der Waals surface area (Å²) in [5, 5.41) is 42.9. The van der Waals surface area contributed by atoms with Gasteiger partial charge in [-0.05, 0) is 56.0 Å². The van der Waals surface area contributed by atoms with E-state index in [1.165, 1.54) is 11.1 Å². The maximum atomic E-state index is 11.0. The first-order valence-electron chi connectivity index (χ1n) is 12.1. The lowest BCUT2D eigenvalue weighted by molar-refractivity contribution is -0.161. The molecule has 0 aromatic heterocycles. The normalized spacial score (nSPS) is 39.0. The number of nitrogens with zero attached hydrogens (tertiary/aromatic N) is 3. The van der Waals surface area contributed by atoms with Crippen molar-refractivity contribution in [3.63, 3.8) is 0 Å². The number of fused-ring (bicyclic) bond motifs is 2. The molecular formula is C24H37N3O5. The highest BCUT2D eigenvalue weighted by atomic mass is 16.6. The number of aliphatic hydroxyl groups is 4. The van der Waals surface area contributed by atoms with Gasteiger partial charge in [0.2, 0.25) is 0 Å². The van der Waals surface area contributed by atoms with Gasteiger partial charge in [0, 0.05) is 18.5 Å². The van der Waals surface area contributed by atoms with Crippen LogP contribution in [0.1, 0.15) is 42.6 Å². The molecule has 8 nitrogen and oxygen atoms in total. The summed E-state index contributed by atoms with van der Waals surface area (Å²) in [6.07, 6.45) is -0.816. The highest BCUT2D eigenvalue weighted by Gasteiger charge is 2.55. The van der Waals surface area contributed by atoms with E-state index in [9.17, 15) is 20.4 Å². The molecule has 178 valence electrons. The Balaban J connectivity index is 1.33. The highest BCUT2D eigenvalue weighted by molar-refractivity contribution is 5.39. The summed E-state index contributed by atoms with van der Waals surface area (Å²) in [5.41, 5.74) is 3.28. The third-order valence-corrected chi connectivity index (χ3v) is 8.11. The summed E-state index contributed by atoms with van der Waals surface area (Å²) in [6.45, 7) is 4.65. The molecule has 4 N–H and O–H groups in total. The van der Waals surface area contributed by atoms with E-state index in [1.807, 2.05) is 18.2 Å². The number of hydrogen-bond donors (Lipinski definition) is 4. The van der Waals surface area contributed by atoms with Crippen molar-refractivity contribution < 1.29 is 25.2 Å². The molecule has 5 rings (SSSR count). The average molecular weight is 448 g/mol. The van der Waals surface area contributed by atoms with Gasteiger partial charge in [-0.2, -0.15) is 0 Å². The molecule has 1 aliphatic carbocycles. The van der Waals surface area contributed by atoms with Gasteiger partial charge in [0.05, 0.1) is 19.4 Å². The smallest absolute Gasteiger partial charge is 0.141 e. The number of rotatable bonds is 6. The third kappa shape index (κ3) is 3.61. The Hall–Kier alpha value is -1.10. The van der Waals surface area contributed by atoms with Crippen LogP contribution in [0, 0.1) is 5.92 Å². The highest BCUT2D eigenvalue weighted by Crippen LogP contribution is 2.41. The van der Waals surface area contributed by atoms with Crippen molar-refractivity contribution in [3.05, 3.63) is 34.9 Å². The first-order valence-corrected chi connectivity index (χ1v) is 12.1. The summed E-state index contributed by atoms with van der Waals surface area (Å²) >= 11 is 0. The molecular weight excluding hydrogens is 410 g/mol. The van der Waals surface area contributed by atoms with Gasteiger partial charge < -0.3 is 25.2 Å². The lowest BCUT2D eigenvalue weighted by Gasteiger charge is -2.50. The van der Waals surface area contributed by atoms with E-state index < -0.39 is 30.6 Å². The fourth-order valence-electron chi connectivity index (χ4n) is 6.40. The molecule has 8 atom stereocenters. The van der Waals surface area contributed by atoms with Crippen molar-refractivity contribution in [2.45, 2.75) is 75.5 Å². The van der Waals surface area contributed by atoms with Crippen LogP contribution in [0.2, 0.25) is 0 Å². The lowest BCUT2D eigenvalue weighted by Crippen LogP contribution is -2.64. The van der Waals surface area contributed by atoms with Crippen LogP contribution < -0.4 is 0 Å². The van der Waals surface area contributed by atoms with Gasteiger partial charge in [-0.15, -0.1) is 0 Å². The zero-order valence-corrected chi connectivity index (χ0v) is 19.0. The Morgan fingerprint density at radius 3 is 2.59 bits per heavy atom. The van der Waals surface area contributed by atoms with Gasteiger partial charge in [0.15, 0.2) is 0 Å². The first kappa shape index (κ1) is 22.7. The van der Waals surface area contributed by atoms with Crippen LogP contribution in [0.4, 0.5) is 0 Å². The fourth-order valence-corrected chi connectivity index (χ4v) is 6.40. The van der Waals surface area contributed by atoms with Gasteiger partial charge in [0.1, 0.15) is 30.6 Å². The number of hydrogen-bond acceptors (Lipinski definition) is 8. The van der Waals surface area contributed by atoms with Gasteiger partial charge in [-0.3, -0.25) is 14.7 Å². The molecule has 3 heterocycles. The second kappa shape index (κ2) is 8.92. The Labute approximate surface area is 190 Å². The van der Waals surface area contributed by atoms with E-state index in [1.54, 1.807) is 0 Å². The first-order chi connectivity index (χ1) is 15.4. The Morgan fingerprint density at radius 2 is 1.94 bits per heavy atom. The molecule has 1 aromatic rings. The van der Waals surface area contributed by atoms with Crippen LogP contribution >= 0.6 is 0 Å². The van der Waals surface area contributed by atoms with Crippen LogP contribution in [-0.2, 0) is 17.6 Å². The van der Waals surface area contributed by atoms with Crippen molar-refractivity contribution in [1.82, 2.24) is 14.7 Å². The molecule has 32 heavy (non-hydrogen) atoms. The van der Waals surface area contributed by atoms with Crippen LogP contribution in [0.3, 0.4) is 0 Å². The molecule has 8 heteroatoms. The van der Waals surface area contributed by atoms with E-state index in [0.29, 0.717) is 6.54 Å². The summed E-state index contributed by atoms with van der Waals surface area (Å²) in [5.74, 6) is 0.232. The second-order valence-corrected chi connectivity index (χ2v) is 10.0. The minimum atomic E-state index is -1.17. The predicted molar refractivity (Wildman–Crippen MR) is 119 cm³/mol. The molecule has 4 aliphatic rings. The maximum absolute atomic E-state index is 11.0. The van der Waals surface area contributed by atoms with Crippen LogP contribution in [0.25, 0.3) is 0 Å². The predicted octanol–water partition coefficient (Wildman–Crippen LogP) is -0.111. The van der Waals surface area contributed by atoms with Gasteiger partial charge in [0.25, 0.3) is 0 Å². The van der Waals surface area contributed by atoms with Crippen LogP contribution in [0.5, 0.6) is 0 Å². The number of aryl methyl sites for hydroxylation is 2. The maximum Gasteiger partial charge on any atom is 0.141 e. The SMILES string of the molecule is CCCN1CN(C)C2C(CCN2[C@@H]2O[C@H]([C@H](O)c3ccc4c(c3)CC4)[C@@H](O)[C@H]2O)C1CO. The molecule has 0 spiro atoms. The summed E-state index contributed by atoms with van der Waals surface area (Å²) < 4.78 is 6.19. The van der Waals surface area contributed by atoms with E-state index in [2.05, 4.69) is 28.7 Å². The fraction of sp³-hybridized carbons (Fsp3) is 0.750. The minimum absolute atomic E-state index is 0.0134. The van der Waals surface area contributed by atoms with Crippen LogP contribution in [-0.4, -0.2) is 105 Å². The summed E-state index contributed by atoms with van der Waals surface area (Å²) in [6, 6.07) is 6.00. The molecule has 0 bridgehead atoms. The molecule has 3 saturated heterocycles. The Kier molecular flexibility index (Phi) is 6.32. The standard InChI is InChI=1S/C24H37N3O5/c1-3-9-26-13-25(2)23-17(18(26)12-28)8-10-27(23)24-21(31)20(30)22(32-24)19(29)16-7-5-14-4-6-15(14)11-16/h5,7,11,17-24,28-31H,3-4,6,8-10,12-13H2,1-2H3/t17?,18?,19-,20+,21-,22-,23?,24-/m1/s1. The largest absolute Gasteiger partial charge is 0.395 e. The quantitative estimate of drug-likeness (QED) is 0.480. The summed E-state index contributed by atoms with van der Waals surface area (Å²) in [7, 11) is 2.07. The lowest BCUT2D eigenvalue weighted by atomic mass is 9.85. The molecule has 1 aromatic carbocycles. The van der Waals surface area contributed by atoms with Crippen molar-refractivity contribution in [2.75, 3.05) is 33.4 Å². The molecule has 0 radical (unpaired) electrons. The summed E-state index contributed by atoms with van der Waals surface area (Å²) in [4.78, 5) is 6.71. The minimum Gasteiger partial charge on any atom is -0.395 e. The second-order valence-electron chi connectivity index (χ2n) is 10.0. The third-order valence-electron chi connectivity index (χ3n) is 8.11. The molecule has 0 saturated carbocycles. The van der Waals surface area contributed by atoms with Gasteiger partial charge in [-0.25, -0.2) is 0 Å². The van der Waals surface area contributed by atoms with Crippen molar-refractivity contribution in [1.29, 1.82) is 0 Å². The van der Waals surface area contributed by atoms with Crippen molar-refractivity contribution in [3.8, 4) is 0 Å². The van der Waals surface area contributed by atoms with Crippen molar-refractivity contribution >= 4 is 0 Å². The molecule has 3 aliphatic heterocycles. The van der Waals surface area contributed by atoms with Gasteiger partial charge >= 0.3 is 0 Å². The monoisotopic (exact) mass is 447 g/mol. The number of likely N-dealkylation sites (tertiary alicyclic amines) is 1. The van der Waals surface area contributed by atoms with E-state index >= 15 is 0 Å².